The van der Waals surface area contributed by atoms with Crippen molar-refractivity contribution in [2.45, 2.75) is 59.4 Å². The molecular weight excluding hydrogens is 410 g/mol. The summed E-state index contributed by atoms with van der Waals surface area (Å²) in [5, 5.41) is 11.1. The highest BCUT2D eigenvalue weighted by Crippen LogP contribution is 2.32. The highest BCUT2D eigenvalue weighted by atomic mass is 16.2. The molecule has 1 atom stereocenters. The zero-order valence-corrected chi connectivity index (χ0v) is 20.4. The number of benzene rings is 3. The quantitative estimate of drug-likeness (QED) is 0.371. The zero-order valence-electron chi connectivity index (χ0n) is 20.4. The minimum absolute atomic E-state index is 0.0823. The van der Waals surface area contributed by atoms with E-state index in [-0.39, 0.29) is 29.7 Å². The standard InChI is InChI=1S/C28H35N3O2/c1-17(2)23-12-9-13-24(18(3)4)26(23)31-28(33)30-25(19(5)6)27(32)29-22-15-14-20-10-7-8-11-21(20)16-22/h7-19,25H,1-6H3,(H,29,32)(H2,30,31,33). The highest BCUT2D eigenvalue weighted by Gasteiger charge is 2.25. The molecule has 3 aromatic carbocycles. The maximum Gasteiger partial charge on any atom is 0.319 e. The lowest BCUT2D eigenvalue weighted by molar-refractivity contribution is -0.118. The van der Waals surface area contributed by atoms with E-state index >= 15 is 0 Å². The summed E-state index contributed by atoms with van der Waals surface area (Å²) in [6.07, 6.45) is 0. The SMILES string of the molecule is CC(C)c1cccc(C(C)C)c1NC(=O)NC(C(=O)Nc1ccc2ccccc2c1)C(C)C. The summed E-state index contributed by atoms with van der Waals surface area (Å²) in [7, 11) is 0. The lowest BCUT2D eigenvalue weighted by Crippen LogP contribution is -2.48. The summed E-state index contributed by atoms with van der Waals surface area (Å²) in [6.45, 7) is 12.3. The molecule has 0 radical (unpaired) electrons. The molecule has 0 saturated heterocycles. The van der Waals surface area contributed by atoms with E-state index in [1.54, 1.807) is 0 Å². The Morgan fingerprint density at radius 3 is 1.88 bits per heavy atom. The predicted molar refractivity (Wildman–Crippen MR) is 138 cm³/mol. The number of hydrogen-bond acceptors (Lipinski definition) is 2. The van der Waals surface area contributed by atoms with Gasteiger partial charge < -0.3 is 16.0 Å². The number of carbonyl (C=O) groups is 2. The van der Waals surface area contributed by atoms with E-state index in [0.29, 0.717) is 5.69 Å². The van der Waals surface area contributed by atoms with Crippen LogP contribution in [-0.4, -0.2) is 18.0 Å². The Morgan fingerprint density at radius 1 is 0.697 bits per heavy atom. The number of urea groups is 1. The molecule has 0 aromatic heterocycles. The fourth-order valence-electron chi connectivity index (χ4n) is 4.01. The summed E-state index contributed by atoms with van der Waals surface area (Å²) in [4.78, 5) is 26.1. The number of para-hydroxylation sites is 1. The van der Waals surface area contributed by atoms with Gasteiger partial charge in [-0.2, -0.15) is 0 Å². The maximum atomic E-state index is 13.1. The van der Waals surface area contributed by atoms with E-state index in [2.05, 4.69) is 43.6 Å². The summed E-state index contributed by atoms with van der Waals surface area (Å²) >= 11 is 0. The fourth-order valence-corrected chi connectivity index (χ4v) is 4.01. The minimum atomic E-state index is -0.676. The normalized spacial score (nSPS) is 12.3. The topological polar surface area (TPSA) is 70.2 Å². The summed E-state index contributed by atoms with van der Waals surface area (Å²) in [6, 6.07) is 18.9. The monoisotopic (exact) mass is 445 g/mol. The van der Waals surface area contributed by atoms with E-state index in [4.69, 9.17) is 0 Å². The van der Waals surface area contributed by atoms with Crippen LogP contribution in [0.5, 0.6) is 0 Å². The molecule has 0 saturated carbocycles. The van der Waals surface area contributed by atoms with Crippen LogP contribution in [0, 0.1) is 5.92 Å². The number of hydrogen-bond donors (Lipinski definition) is 3. The summed E-state index contributed by atoms with van der Waals surface area (Å²) in [5.41, 5.74) is 3.70. The van der Waals surface area contributed by atoms with Gasteiger partial charge in [0.15, 0.2) is 0 Å². The van der Waals surface area contributed by atoms with Crippen LogP contribution >= 0.6 is 0 Å². The van der Waals surface area contributed by atoms with E-state index in [9.17, 15) is 9.59 Å². The van der Waals surface area contributed by atoms with Gasteiger partial charge in [0.05, 0.1) is 0 Å². The lowest BCUT2D eigenvalue weighted by atomic mass is 9.93. The van der Waals surface area contributed by atoms with Gasteiger partial charge in [-0.3, -0.25) is 4.79 Å². The van der Waals surface area contributed by atoms with E-state index < -0.39 is 6.04 Å². The van der Waals surface area contributed by atoms with Gasteiger partial charge in [0, 0.05) is 11.4 Å². The molecule has 5 nitrogen and oxygen atoms in total. The maximum absolute atomic E-state index is 13.1. The van der Waals surface area contributed by atoms with Gasteiger partial charge >= 0.3 is 6.03 Å². The third kappa shape index (κ3) is 5.92. The Bertz CT molecular complexity index is 1110. The van der Waals surface area contributed by atoms with Crippen LogP contribution in [-0.2, 0) is 4.79 Å². The van der Waals surface area contributed by atoms with Crippen LogP contribution in [0.4, 0.5) is 16.2 Å². The van der Waals surface area contributed by atoms with Crippen molar-refractivity contribution in [3.05, 3.63) is 71.8 Å². The molecule has 174 valence electrons. The Balaban J connectivity index is 1.77. The van der Waals surface area contributed by atoms with Crippen molar-refractivity contribution in [3.8, 4) is 0 Å². The first-order chi connectivity index (χ1) is 15.7. The first-order valence-corrected chi connectivity index (χ1v) is 11.7. The van der Waals surface area contributed by atoms with Crippen molar-refractivity contribution >= 4 is 34.1 Å². The van der Waals surface area contributed by atoms with Crippen molar-refractivity contribution in [1.82, 2.24) is 5.32 Å². The Hall–Kier alpha value is -3.34. The van der Waals surface area contributed by atoms with E-state index in [0.717, 1.165) is 27.6 Å². The first kappa shape index (κ1) is 24.3. The molecule has 3 amide bonds. The summed E-state index contributed by atoms with van der Waals surface area (Å²) in [5.74, 6) is 0.199. The van der Waals surface area contributed by atoms with Crippen LogP contribution in [0.1, 0.15) is 64.5 Å². The van der Waals surface area contributed by atoms with Crippen LogP contribution in [0.15, 0.2) is 60.7 Å². The van der Waals surface area contributed by atoms with Gasteiger partial charge in [-0.1, -0.05) is 90.1 Å². The van der Waals surface area contributed by atoms with Crippen molar-refractivity contribution in [2.24, 2.45) is 5.92 Å². The van der Waals surface area contributed by atoms with Gasteiger partial charge in [-0.15, -0.1) is 0 Å². The third-order valence-corrected chi connectivity index (χ3v) is 5.86. The molecule has 3 N–H and O–H groups in total. The predicted octanol–water partition coefficient (Wildman–Crippen LogP) is 6.87. The molecule has 5 heteroatoms. The smallest absolute Gasteiger partial charge is 0.319 e. The Morgan fingerprint density at radius 2 is 1.30 bits per heavy atom. The van der Waals surface area contributed by atoms with Crippen molar-refractivity contribution in [3.63, 3.8) is 0 Å². The highest BCUT2D eigenvalue weighted by molar-refractivity contribution is 6.01. The largest absolute Gasteiger partial charge is 0.326 e. The van der Waals surface area contributed by atoms with Gasteiger partial charge in [0.25, 0.3) is 0 Å². The molecule has 3 aromatic rings. The third-order valence-electron chi connectivity index (χ3n) is 5.86. The molecule has 1 unspecified atom stereocenters. The van der Waals surface area contributed by atoms with E-state index in [1.807, 2.05) is 74.5 Å². The number of carbonyl (C=O) groups excluding carboxylic acids is 2. The minimum Gasteiger partial charge on any atom is -0.326 e. The molecule has 0 spiro atoms. The molecule has 0 heterocycles. The van der Waals surface area contributed by atoms with Crippen LogP contribution in [0.25, 0.3) is 10.8 Å². The molecular formula is C28H35N3O2. The van der Waals surface area contributed by atoms with E-state index in [1.165, 1.54) is 0 Å². The molecule has 33 heavy (non-hydrogen) atoms. The lowest BCUT2D eigenvalue weighted by Gasteiger charge is -2.24. The average Bonchev–Trinajstić information content (AvgIpc) is 2.76. The Labute approximate surface area is 197 Å². The molecule has 3 rings (SSSR count). The first-order valence-electron chi connectivity index (χ1n) is 11.7. The van der Waals surface area contributed by atoms with Crippen LogP contribution in [0.3, 0.4) is 0 Å². The molecule has 0 aliphatic heterocycles. The van der Waals surface area contributed by atoms with Crippen molar-refractivity contribution < 1.29 is 9.59 Å². The number of amides is 3. The summed E-state index contributed by atoms with van der Waals surface area (Å²) < 4.78 is 0. The number of rotatable bonds is 7. The van der Waals surface area contributed by atoms with Gasteiger partial charge in [0.1, 0.15) is 6.04 Å². The second kappa shape index (κ2) is 10.5. The zero-order chi connectivity index (χ0) is 24.1. The fraction of sp³-hybridized carbons (Fsp3) is 0.357. The number of nitrogens with one attached hydrogen (secondary N) is 3. The molecule has 0 aliphatic carbocycles. The van der Waals surface area contributed by atoms with Crippen LogP contribution in [0.2, 0.25) is 0 Å². The number of anilines is 2. The van der Waals surface area contributed by atoms with Gasteiger partial charge in [-0.25, -0.2) is 4.79 Å². The number of fused-ring (bicyclic) bond motifs is 1. The second-order valence-electron chi connectivity index (χ2n) is 9.49. The Kier molecular flexibility index (Phi) is 7.75. The second-order valence-corrected chi connectivity index (χ2v) is 9.49. The van der Waals surface area contributed by atoms with Crippen molar-refractivity contribution in [2.75, 3.05) is 10.6 Å². The van der Waals surface area contributed by atoms with Crippen LogP contribution < -0.4 is 16.0 Å². The van der Waals surface area contributed by atoms with Crippen molar-refractivity contribution in [1.29, 1.82) is 0 Å². The van der Waals surface area contributed by atoms with Gasteiger partial charge in [-0.05, 0) is 51.8 Å². The molecule has 0 fully saturated rings. The molecule has 0 aliphatic rings. The van der Waals surface area contributed by atoms with Gasteiger partial charge in [0.2, 0.25) is 5.91 Å². The molecule has 0 bridgehead atoms. The average molecular weight is 446 g/mol.